The lowest BCUT2D eigenvalue weighted by molar-refractivity contribution is 0.104. The van der Waals surface area contributed by atoms with E-state index in [4.69, 9.17) is 5.73 Å². The summed E-state index contributed by atoms with van der Waals surface area (Å²) in [5, 5.41) is 4.43. The van der Waals surface area contributed by atoms with Gasteiger partial charge in [0.05, 0.1) is 5.69 Å². The minimum atomic E-state index is 0.448. The molecule has 0 spiro atoms. The van der Waals surface area contributed by atoms with Gasteiger partial charge in [-0.25, -0.2) is 4.98 Å². The SMILES string of the molecule is Cc1nn(C)c2c1nc(N)n2CC1CN(C)CCN1C. The summed E-state index contributed by atoms with van der Waals surface area (Å²) in [6, 6.07) is 0.448. The number of nitrogen functional groups attached to an aromatic ring is 1. The van der Waals surface area contributed by atoms with Gasteiger partial charge in [-0.05, 0) is 21.0 Å². The van der Waals surface area contributed by atoms with E-state index >= 15 is 0 Å². The molecular weight excluding hydrogens is 254 g/mol. The van der Waals surface area contributed by atoms with E-state index in [0.29, 0.717) is 12.0 Å². The van der Waals surface area contributed by atoms with E-state index in [1.54, 1.807) is 0 Å². The molecule has 0 saturated carbocycles. The van der Waals surface area contributed by atoms with E-state index in [9.17, 15) is 0 Å². The number of nitrogens with two attached hydrogens (primary N) is 1. The third-order valence-corrected chi connectivity index (χ3v) is 4.29. The second-order valence-electron chi connectivity index (χ2n) is 5.86. The molecule has 20 heavy (non-hydrogen) atoms. The molecule has 1 aliphatic heterocycles. The Bertz CT molecular complexity index is 626. The third kappa shape index (κ3) is 2.06. The first-order valence-corrected chi connectivity index (χ1v) is 7.01. The van der Waals surface area contributed by atoms with Crippen molar-refractivity contribution < 1.29 is 0 Å². The highest BCUT2D eigenvalue weighted by atomic mass is 15.4. The largest absolute Gasteiger partial charge is 0.369 e. The average Bonchev–Trinajstić information content (AvgIpc) is 2.84. The molecule has 1 unspecified atom stereocenters. The zero-order valence-electron chi connectivity index (χ0n) is 12.7. The fourth-order valence-electron chi connectivity index (χ4n) is 3.04. The maximum absolute atomic E-state index is 6.11. The van der Waals surface area contributed by atoms with Crippen LogP contribution < -0.4 is 5.73 Å². The molecule has 0 amide bonds. The number of aryl methyl sites for hydroxylation is 2. The van der Waals surface area contributed by atoms with Crippen molar-refractivity contribution in [3.63, 3.8) is 0 Å². The molecule has 1 saturated heterocycles. The number of imidazole rings is 1. The van der Waals surface area contributed by atoms with Crippen molar-refractivity contribution >= 4 is 17.1 Å². The first kappa shape index (κ1) is 13.4. The molecule has 3 heterocycles. The summed E-state index contributed by atoms with van der Waals surface area (Å²) < 4.78 is 3.97. The Morgan fingerprint density at radius 3 is 2.75 bits per heavy atom. The number of nitrogens with zero attached hydrogens (tertiary/aromatic N) is 6. The average molecular weight is 277 g/mol. The van der Waals surface area contributed by atoms with Crippen LogP contribution in [0.2, 0.25) is 0 Å². The smallest absolute Gasteiger partial charge is 0.202 e. The van der Waals surface area contributed by atoms with Gasteiger partial charge >= 0.3 is 0 Å². The van der Waals surface area contributed by atoms with Crippen molar-refractivity contribution in [2.75, 3.05) is 39.5 Å². The van der Waals surface area contributed by atoms with Crippen molar-refractivity contribution in [1.82, 2.24) is 29.1 Å². The van der Waals surface area contributed by atoms with Gasteiger partial charge in [-0.2, -0.15) is 5.10 Å². The zero-order valence-corrected chi connectivity index (χ0v) is 12.7. The number of piperazine rings is 1. The minimum absolute atomic E-state index is 0.448. The highest BCUT2D eigenvalue weighted by Gasteiger charge is 2.25. The number of anilines is 1. The fraction of sp³-hybridized carbons (Fsp3) is 0.692. The standard InChI is InChI=1S/C13H23N7/c1-9-11-12(19(4)16-9)20(13(14)15-11)8-10-7-17(2)5-6-18(10)3/h10H,5-8H2,1-4H3,(H2,14,15). The molecule has 7 nitrogen and oxygen atoms in total. The summed E-state index contributed by atoms with van der Waals surface area (Å²) in [4.78, 5) is 9.23. The van der Waals surface area contributed by atoms with Gasteiger partial charge in [-0.3, -0.25) is 14.1 Å². The summed E-state index contributed by atoms with van der Waals surface area (Å²) in [5.74, 6) is 0.581. The van der Waals surface area contributed by atoms with E-state index in [1.807, 2.05) is 18.7 Å². The Morgan fingerprint density at radius 1 is 1.25 bits per heavy atom. The molecule has 1 atom stereocenters. The molecule has 7 heteroatoms. The van der Waals surface area contributed by atoms with Crippen LogP contribution in [0, 0.1) is 6.92 Å². The van der Waals surface area contributed by atoms with Gasteiger partial charge in [0.25, 0.3) is 0 Å². The molecule has 0 bridgehead atoms. The summed E-state index contributed by atoms with van der Waals surface area (Å²) in [7, 11) is 6.29. The van der Waals surface area contributed by atoms with E-state index < -0.39 is 0 Å². The molecule has 0 aromatic carbocycles. The molecule has 110 valence electrons. The van der Waals surface area contributed by atoms with E-state index in [1.165, 1.54) is 0 Å². The van der Waals surface area contributed by atoms with Crippen molar-refractivity contribution in [2.24, 2.45) is 7.05 Å². The van der Waals surface area contributed by atoms with Gasteiger partial charge in [0.15, 0.2) is 5.65 Å². The number of aromatic nitrogens is 4. The molecule has 1 fully saturated rings. The maximum atomic E-state index is 6.11. The first-order chi connectivity index (χ1) is 9.47. The Labute approximate surface area is 118 Å². The quantitative estimate of drug-likeness (QED) is 0.830. The van der Waals surface area contributed by atoms with Crippen LogP contribution in [0.15, 0.2) is 0 Å². The van der Waals surface area contributed by atoms with E-state index in [0.717, 1.165) is 43.0 Å². The van der Waals surface area contributed by atoms with Gasteiger partial charge in [0.2, 0.25) is 5.95 Å². The van der Waals surface area contributed by atoms with Gasteiger partial charge in [0.1, 0.15) is 5.52 Å². The highest BCUT2D eigenvalue weighted by molar-refractivity contribution is 5.77. The van der Waals surface area contributed by atoms with Crippen LogP contribution in [0.4, 0.5) is 5.95 Å². The molecular formula is C13H23N7. The van der Waals surface area contributed by atoms with E-state index in [2.05, 4.69) is 38.5 Å². The van der Waals surface area contributed by atoms with Gasteiger partial charge in [-0.1, -0.05) is 0 Å². The summed E-state index contributed by atoms with van der Waals surface area (Å²) in [5.41, 5.74) is 8.97. The summed E-state index contributed by atoms with van der Waals surface area (Å²) >= 11 is 0. The van der Waals surface area contributed by atoms with Crippen molar-refractivity contribution in [3.8, 4) is 0 Å². The summed E-state index contributed by atoms with van der Waals surface area (Å²) in [6.45, 7) is 6.07. The van der Waals surface area contributed by atoms with Crippen LogP contribution in [0.1, 0.15) is 5.69 Å². The third-order valence-electron chi connectivity index (χ3n) is 4.29. The van der Waals surface area contributed by atoms with Crippen molar-refractivity contribution in [3.05, 3.63) is 5.69 Å². The number of hydrogen-bond donors (Lipinski definition) is 1. The van der Waals surface area contributed by atoms with Crippen LogP contribution in [0.25, 0.3) is 11.2 Å². The number of hydrogen-bond acceptors (Lipinski definition) is 5. The van der Waals surface area contributed by atoms with Crippen LogP contribution in [-0.4, -0.2) is 68.9 Å². The molecule has 1 aliphatic rings. The van der Waals surface area contributed by atoms with Gasteiger partial charge < -0.3 is 10.6 Å². The maximum Gasteiger partial charge on any atom is 0.202 e. The van der Waals surface area contributed by atoms with Crippen molar-refractivity contribution in [1.29, 1.82) is 0 Å². The predicted molar refractivity (Wildman–Crippen MR) is 79.6 cm³/mol. The molecule has 2 aromatic rings. The number of rotatable bonds is 2. The summed E-state index contributed by atoms with van der Waals surface area (Å²) in [6.07, 6.45) is 0. The minimum Gasteiger partial charge on any atom is -0.369 e. The lowest BCUT2D eigenvalue weighted by Crippen LogP contribution is -2.51. The lowest BCUT2D eigenvalue weighted by atomic mass is 10.2. The topological polar surface area (TPSA) is 68.1 Å². The molecule has 2 N–H and O–H groups in total. The molecule has 0 aliphatic carbocycles. The van der Waals surface area contributed by atoms with E-state index in [-0.39, 0.29) is 0 Å². The van der Waals surface area contributed by atoms with Gasteiger partial charge in [-0.15, -0.1) is 0 Å². The van der Waals surface area contributed by atoms with Crippen molar-refractivity contribution in [2.45, 2.75) is 19.5 Å². The predicted octanol–water partition coefficient (Wildman–Crippen LogP) is -0.0938. The fourth-order valence-corrected chi connectivity index (χ4v) is 3.04. The Hall–Kier alpha value is -1.60. The molecule has 2 aromatic heterocycles. The van der Waals surface area contributed by atoms with Crippen LogP contribution in [0.5, 0.6) is 0 Å². The van der Waals surface area contributed by atoms with Crippen LogP contribution >= 0.6 is 0 Å². The number of likely N-dealkylation sites (N-methyl/N-ethyl adjacent to an activating group) is 2. The highest BCUT2D eigenvalue weighted by Crippen LogP contribution is 2.22. The second-order valence-corrected chi connectivity index (χ2v) is 5.86. The number of fused-ring (bicyclic) bond motifs is 1. The zero-order chi connectivity index (χ0) is 14.4. The normalized spacial score (nSPS) is 21.9. The molecule has 0 radical (unpaired) electrons. The Balaban J connectivity index is 1.96. The van der Waals surface area contributed by atoms with Gasteiger partial charge in [0, 0.05) is 39.3 Å². The Kier molecular flexibility index (Phi) is 3.18. The monoisotopic (exact) mass is 277 g/mol. The molecule has 3 rings (SSSR count). The first-order valence-electron chi connectivity index (χ1n) is 7.01. The Morgan fingerprint density at radius 2 is 2.00 bits per heavy atom. The second kappa shape index (κ2) is 4.75. The van der Waals surface area contributed by atoms with Crippen LogP contribution in [0.3, 0.4) is 0 Å². The lowest BCUT2D eigenvalue weighted by Gasteiger charge is -2.37. The van der Waals surface area contributed by atoms with Crippen LogP contribution in [-0.2, 0) is 13.6 Å².